The van der Waals surface area contributed by atoms with E-state index in [0.29, 0.717) is 5.02 Å². The molecule has 0 aromatic heterocycles. The molecule has 1 aliphatic carbocycles. The third kappa shape index (κ3) is 2.36. The summed E-state index contributed by atoms with van der Waals surface area (Å²) in [7, 11) is 0. The van der Waals surface area contributed by atoms with Crippen LogP contribution in [0, 0.1) is 0 Å². The molecule has 16 heavy (non-hydrogen) atoms. The number of nitrogens with two attached hydrogens (primary N) is 1. The first-order chi connectivity index (χ1) is 7.51. The third-order valence-electron chi connectivity index (χ3n) is 2.94. The number of benzene rings is 1. The summed E-state index contributed by atoms with van der Waals surface area (Å²) in [6, 6.07) is 7.41. The molecule has 1 atom stereocenters. The quantitative estimate of drug-likeness (QED) is 0.847. The zero-order chi connectivity index (χ0) is 11.8. The molecule has 0 radical (unpaired) electrons. The van der Waals surface area contributed by atoms with Gasteiger partial charge in [0.15, 0.2) is 0 Å². The first kappa shape index (κ1) is 11.4. The summed E-state index contributed by atoms with van der Waals surface area (Å²) in [5, 5.41) is 3.58. The van der Waals surface area contributed by atoms with Gasteiger partial charge in [0.05, 0.1) is 11.6 Å². The van der Waals surface area contributed by atoms with Crippen LogP contribution in [0.15, 0.2) is 24.3 Å². The molecule has 0 unspecified atom stereocenters. The molecule has 3 N–H and O–H groups in total. The molecule has 1 fully saturated rings. The highest BCUT2D eigenvalue weighted by Gasteiger charge is 2.46. The standard InChI is InChI=1S/C12H15ClN2O/c1-8(9-3-2-4-10(13)7-9)15-11(16)12(14)5-6-12/h2-4,7-8H,5-6,14H2,1H3,(H,15,16)/t8-/m0/s1. The Morgan fingerprint density at radius 1 is 1.56 bits per heavy atom. The number of carbonyl (C=O) groups excluding carboxylic acids is 1. The van der Waals surface area contributed by atoms with Gasteiger partial charge in [-0.1, -0.05) is 23.7 Å². The minimum absolute atomic E-state index is 0.0628. The van der Waals surface area contributed by atoms with Crippen molar-refractivity contribution in [1.82, 2.24) is 5.32 Å². The van der Waals surface area contributed by atoms with E-state index in [1.54, 1.807) is 0 Å². The minimum Gasteiger partial charge on any atom is -0.348 e. The van der Waals surface area contributed by atoms with Gasteiger partial charge in [0.25, 0.3) is 0 Å². The SMILES string of the molecule is C[C@H](NC(=O)C1(N)CC1)c1cccc(Cl)c1. The number of amides is 1. The molecule has 1 aromatic carbocycles. The second-order valence-electron chi connectivity index (χ2n) is 4.41. The largest absolute Gasteiger partial charge is 0.348 e. The Morgan fingerprint density at radius 3 is 2.81 bits per heavy atom. The Kier molecular flexibility index (Phi) is 2.91. The van der Waals surface area contributed by atoms with Crippen LogP contribution in [0.5, 0.6) is 0 Å². The maximum Gasteiger partial charge on any atom is 0.240 e. The van der Waals surface area contributed by atoms with Crippen molar-refractivity contribution < 1.29 is 4.79 Å². The predicted octanol–water partition coefficient (Wildman–Crippen LogP) is 2.01. The molecule has 0 saturated heterocycles. The lowest BCUT2D eigenvalue weighted by atomic mass is 10.1. The van der Waals surface area contributed by atoms with Crippen LogP contribution in [0.2, 0.25) is 5.02 Å². The number of halogens is 1. The van der Waals surface area contributed by atoms with E-state index in [1.165, 1.54) is 0 Å². The highest BCUT2D eigenvalue weighted by Crippen LogP contribution is 2.33. The topological polar surface area (TPSA) is 55.1 Å². The van der Waals surface area contributed by atoms with Crippen molar-refractivity contribution in [2.45, 2.75) is 31.3 Å². The van der Waals surface area contributed by atoms with Gasteiger partial charge in [-0.3, -0.25) is 4.79 Å². The molecule has 86 valence electrons. The Balaban J connectivity index is 2.03. The van der Waals surface area contributed by atoms with Crippen LogP contribution in [0.25, 0.3) is 0 Å². The maximum absolute atomic E-state index is 11.7. The van der Waals surface area contributed by atoms with Gasteiger partial charge < -0.3 is 11.1 Å². The Labute approximate surface area is 100.0 Å². The number of hydrogen-bond acceptors (Lipinski definition) is 2. The minimum atomic E-state index is -0.618. The second kappa shape index (κ2) is 4.07. The van der Waals surface area contributed by atoms with E-state index in [9.17, 15) is 4.79 Å². The molecule has 1 aromatic rings. The molecule has 0 bridgehead atoms. The van der Waals surface area contributed by atoms with Crippen molar-refractivity contribution in [3.63, 3.8) is 0 Å². The van der Waals surface area contributed by atoms with Crippen LogP contribution in [0.4, 0.5) is 0 Å². The fraction of sp³-hybridized carbons (Fsp3) is 0.417. The molecular weight excluding hydrogens is 224 g/mol. The van der Waals surface area contributed by atoms with E-state index < -0.39 is 5.54 Å². The van der Waals surface area contributed by atoms with Crippen molar-refractivity contribution >= 4 is 17.5 Å². The summed E-state index contributed by atoms with van der Waals surface area (Å²) in [6.45, 7) is 1.93. The van der Waals surface area contributed by atoms with Gasteiger partial charge in [0.2, 0.25) is 5.91 Å². The monoisotopic (exact) mass is 238 g/mol. The van der Waals surface area contributed by atoms with Gasteiger partial charge in [-0.2, -0.15) is 0 Å². The third-order valence-corrected chi connectivity index (χ3v) is 3.17. The van der Waals surface area contributed by atoms with E-state index in [-0.39, 0.29) is 11.9 Å². The Hall–Kier alpha value is -1.06. The summed E-state index contributed by atoms with van der Waals surface area (Å²) in [5.74, 6) is -0.0695. The number of hydrogen-bond donors (Lipinski definition) is 2. The van der Waals surface area contributed by atoms with Gasteiger partial charge in [0, 0.05) is 5.02 Å². The van der Waals surface area contributed by atoms with Gasteiger partial charge >= 0.3 is 0 Å². The molecule has 1 saturated carbocycles. The van der Waals surface area contributed by atoms with Gasteiger partial charge in [-0.05, 0) is 37.5 Å². The van der Waals surface area contributed by atoms with Crippen LogP contribution in [-0.2, 0) is 4.79 Å². The van der Waals surface area contributed by atoms with Crippen molar-refractivity contribution in [3.8, 4) is 0 Å². The molecule has 1 amide bonds. The van der Waals surface area contributed by atoms with Crippen molar-refractivity contribution in [1.29, 1.82) is 0 Å². The first-order valence-electron chi connectivity index (χ1n) is 5.36. The summed E-state index contributed by atoms with van der Waals surface area (Å²) >= 11 is 5.89. The average Bonchev–Trinajstić information content (AvgIpc) is 2.98. The normalized spacial score (nSPS) is 18.9. The lowest BCUT2D eigenvalue weighted by Gasteiger charge is -2.17. The van der Waals surface area contributed by atoms with Crippen LogP contribution < -0.4 is 11.1 Å². The lowest BCUT2D eigenvalue weighted by Crippen LogP contribution is -2.43. The van der Waals surface area contributed by atoms with Crippen LogP contribution in [-0.4, -0.2) is 11.4 Å². The van der Waals surface area contributed by atoms with Gasteiger partial charge in [-0.25, -0.2) is 0 Å². The molecule has 0 heterocycles. The Morgan fingerprint density at radius 2 is 2.25 bits per heavy atom. The summed E-state index contributed by atoms with van der Waals surface area (Å²) in [4.78, 5) is 11.7. The molecule has 2 rings (SSSR count). The smallest absolute Gasteiger partial charge is 0.240 e. The fourth-order valence-electron chi connectivity index (χ4n) is 1.56. The van der Waals surface area contributed by atoms with Crippen LogP contribution in [0.1, 0.15) is 31.4 Å². The number of carbonyl (C=O) groups is 1. The highest BCUT2D eigenvalue weighted by molar-refractivity contribution is 6.30. The van der Waals surface area contributed by atoms with E-state index in [1.807, 2.05) is 31.2 Å². The van der Waals surface area contributed by atoms with E-state index in [0.717, 1.165) is 18.4 Å². The average molecular weight is 239 g/mol. The second-order valence-corrected chi connectivity index (χ2v) is 4.84. The summed E-state index contributed by atoms with van der Waals surface area (Å²) in [6.07, 6.45) is 1.56. The maximum atomic E-state index is 11.7. The highest BCUT2D eigenvalue weighted by atomic mass is 35.5. The molecule has 4 heteroatoms. The fourth-order valence-corrected chi connectivity index (χ4v) is 1.76. The predicted molar refractivity (Wildman–Crippen MR) is 64.2 cm³/mol. The van der Waals surface area contributed by atoms with Crippen LogP contribution >= 0.6 is 11.6 Å². The molecule has 0 aliphatic heterocycles. The van der Waals surface area contributed by atoms with E-state index in [2.05, 4.69) is 5.32 Å². The van der Waals surface area contributed by atoms with Crippen molar-refractivity contribution in [3.05, 3.63) is 34.9 Å². The van der Waals surface area contributed by atoms with E-state index in [4.69, 9.17) is 17.3 Å². The lowest BCUT2D eigenvalue weighted by molar-refractivity contribution is -0.123. The molecule has 3 nitrogen and oxygen atoms in total. The van der Waals surface area contributed by atoms with Crippen LogP contribution in [0.3, 0.4) is 0 Å². The molecule has 1 aliphatic rings. The molecular formula is C12H15ClN2O. The number of rotatable bonds is 3. The van der Waals surface area contributed by atoms with Gasteiger partial charge in [-0.15, -0.1) is 0 Å². The van der Waals surface area contributed by atoms with E-state index >= 15 is 0 Å². The zero-order valence-electron chi connectivity index (χ0n) is 9.16. The first-order valence-corrected chi connectivity index (χ1v) is 5.74. The molecule has 0 spiro atoms. The summed E-state index contributed by atoms with van der Waals surface area (Å²) < 4.78 is 0. The zero-order valence-corrected chi connectivity index (χ0v) is 9.92. The van der Waals surface area contributed by atoms with Crippen molar-refractivity contribution in [2.24, 2.45) is 5.73 Å². The number of nitrogens with one attached hydrogen (secondary N) is 1. The summed E-state index contributed by atoms with van der Waals surface area (Å²) in [5.41, 5.74) is 6.18. The van der Waals surface area contributed by atoms with Crippen molar-refractivity contribution in [2.75, 3.05) is 0 Å². The Bertz CT molecular complexity index is 415. The van der Waals surface area contributed by atoms with Gasteiger partial charge in [0.1, 0.15) is 0 Å².